The number of aromatic nitrogens is 2. The maximum absolute atomic E-state index is 12.6. The predicted molar refractivity (Wildman–Crippen MR) is 141 cm³/mol. The molecule has 176 valence electrons. The number of nitrogens with one attached hydrogen (secondary N) is 1. The van der Waals surface area contributed by atoms with E-state index in [1.54, 1.807) is 0 Å². The molecule has 0 atom stereocenters. The molecule has 5 heteroatoms. The van der Waals surface area contributed by atoms with E-state index in [2.05, 4.69) is 40.2 Å². The molecule has 0 radical (unpaired) electrons. The monoisotopic (exact) mass is 463 g/mol. The Balaban J connectivity index is 1.21. The van der Waals surface area contributed by atoms with Gasteiger partial charge in [-0.3, -0.25) is 4.79 Å². The molecule has 5 nitrogen and oxygen atoms in total. The molecule has 0 aliphatic heterocycles. The van der Waals surface area contributed by atoms with Crippen LogP contribution >= 0.6 is 0 Å². The lowest BCUT2D eigenvalue weighted by Gasteiger charge is -2.12. The molecule has 1 aromatic heterocycles. The number of hydrogen-bond donors (Lipinski definition) is 1. The van der Waals surface area contributed by atoms with Gasteiger partial charge in [0.25, 0.3) is 5.91 Å². The van der Waals surface area contributed by atoms with Crippen LogP contribution in [0.2, 0.25) is 0 Å². The van der Waals surface area contributed by atoms with Crippen LogP contribution in [0.25, 0.3) is 21.8 Å². The lowest BCUT2D eigenvalue weighted by molar-refractivity contribution is 0.0953. The Morgan fingerprint density at radius 1 is 0.914 bits per heavy atom. The summed E-state index contributed by atoms with van der Waals surface area (Å²) in [5.74, 6) is 1.81. The third kappa shape index (κ3) is 5.19. The molecule has 35 heavy (non-hydrogen) atoms. The van der Waals surface area contributed by atoms with Gasteiger partial charge in [-0.2, -0.15) is 0 Å². The molecule has 1 N–H and O–H groups in total. The second-order valence-corrected chi connectivity index (χ2v) is 8.70. The molecule has 5 rings (SSSR count). The average molecular weight is 464 g/mol. The number of benzene rings is 4. The number of carbonyl (C=O) groups excluding carboxylic acids is 1. The highest BCUT2D eigenvalue weighted by Crippen LogP contribution is 2.21. The number of fused-ring (bicyclic) bond motifs is 2. The fraction of sp³-hybridized carbons (Fsp3) is 0.200. The minimum atomic E-state index is -0.0467. The fourth-order valence-corrected chi connectivity index (χ4v) is 4.45. The maximum atomic E-state index is 12.6. The van der Waals surface area contributed by atoms with E-state index in [0.29, 0.717) is 25.1 Å². The lowest BCUT2D eigenvalue weighted by atomic mass is 10.1. The number of para-hydroxylation sites is 2. The Hall–Kier alpha value is -4.12. The average Bonchev–Trinajstić information content (AvgIpc) is 3.24. The third-order valence-electron chi connectivity index (χ3n) is 6.27. The van der Waals surface area contributed by atoms with Crippen molar-refractivity contribution in [3.05, 3.63) is 108 Å². The molecule has 1 heterocycles. The molecule has 0 spiro atoms. The Morgan fingerprint density at radius 2 is 1.69 bits per heavy atom. The molecular weight excluding hydrogens is 434 g/mol. The molecule has 5 aromatic rings. The largest absolute Gasteiger partial charge is 0.494 e. The van der Waals surface area contributed by atoms with Gasteiger partial charge in [0.05, 0.1) is 17.6 Å². The summed E-state index contributed by atoms with van der Waals surface area (Å²) in [6.45, 7) is 3.90. The summed E-state index contributed by atoms with van der Waals surface area (Å²) in [7, 11) is 0. The van der Waals surface area contributed by atoms with E-state index in [4.69, 9.17) is 9.72 Å². The summed E-state index contributed by atoms with van der Waals surface area (Å²) >= 11 is 0. The Labute approximate surface area is 205 Å². The van der Waals surface area contributed by atoms with Crippen LogP contribution < -0.4 is 10.1 Å². The second-order valence-electron chi connectivity index (χ2n) is 8.70. The van der Waals surface area contributed by atoms with E-state index >= 15 is 0 Å². The Bertz CT molecular complexity index is 1470. The fourth-order valence-electron chi connectivity index (χ4n) is 4.45. The summed E-state index contributed by atoms with van der Waals surface area (Å²) in [6.07, 6.45) is 1.52. The maximum Gasteiger partial charge on any atom is 0.251 e. The van der Waals surface area contributed by atoms with Gasteiger partial charge in [-0.25, -0.2) is 4.98 Å². The zero-order chi connectivity index (χ0) is 24.0. The van der Waals surface area contributed by atoms with Crippen molar-refractivity contribution in [1.29, 1.82) is 0 Å². The summed E-state index contributed by atoms with van der Waals surface area (Å²) in [6, 6.07) is 30.3. The molecule has 4 aromatic carbocycles. The van der Waals surface area contributed by atoms with Crippen molar-refractivity contribution in [3.8, 4) is 5.75 Å². The predicted octanol–water partition coefficient (Wildman–Crippen LogP) is 5.94. The van der Waals surface area contributed by atoms with Gasteiger partial charge in [-0.15, -0.1) is 0 Å². The van der Waals surface area contributed by atoms with E-state index in [0.717, 1.165) is 41.1 Å². The van der Waals surface area contributed by atoms with E-state index < -0.39 is 0 Å². The standard InChI is InChI=1S/C30H29N3O2/c1-22-9-2-5-12-26(22)30(34)31-18-17-29-32-27-13-6-7-14-28(27)33(29)19-8-20-35-25-16-15-23-10-3-4-11-24(23)21-25/h2-7,9-16,21H,8,17-20H2,1H3,(H,31,34). The molecule has 0 fully saturated rings. The summed E-state index contributed by atoms with van der Waals surface area (Å²) in [4.78, 5) is 17.4. The van der Waals surface area contributed by atoms with Gasteiger partial charge in [0.2, 0.25) is 0 Å². The van der Waals surface area contributed by atoms with Crippen molar-refractivity contribution in [3.63, 3.8) is 0 Å². The highest BCUT2D eigenvalue weighted by atomic mass is 16.5. The van der Waals surface area contributed by atoms with Crippen LogP contribution in [0.15, 0.2) is 91.0 Å². The highest BCUT2D eigenvalue weighted by molar-refractivity contribution is 5.95. The smallest absolute Gasteiger partial charge is 0.251 e. The quantitative estimate of drug-likeness (QED) is 0.275. The number of hydrogen-bond acceptors (Lipinski definition) is 3. The number of rotatable bonds is 9. The van der Waals surface area contributed by atoms with Crippen LogP contribution in [0.4, 0.5) is 0 Å². The van der Waals surface area contributed by atoms with Crippen molar-refractivity contribution in [1.82, 2.24) is 14.9 Å². The van der Waals surface area contributed by atoms with Gasteiger partial charge in [0.1, 0.15) is 11.6 Å². The molecule has 1 amide bonds. The second kappa shape index (κ2) is 10.4. The van der Waals surface area contributed by atoms with Crippen LogP contribution in [0.1, 0.15) is 28.2 Å². The highest BCUT2D eigenvalue weighted by Gasteiger charge is 2.12. The Kier molecular flexibility index (Phi) is 6.75. The van der Waals surface area contributed by atoms with Gasteiger partial charge in [0, 0.05) is 25.1 Å². The number of ether oxygens (including phenoxy) is 1. The van der Waals surface area contributed by atoms with Crippen molar-refractivity contribution in [2.75, 3.05) is 13.2 Å². The van der Waals surface area contributed by atoms with Crippen molar-refractivity contribution in [2.45, 2.75) is 26.3 Å². The first kappa shape index (κ1) is 22.7. The number of imidazole rings is 1. The first-order valence-corrected chi connectivity index (χ1v) is 12.1. The number of aryl methyl sites for hydroxylation is 2. The summed E-state index contributed by atoms with van der Waals surface area (Å²) in [5, 5.41) is 5.44. The molecular formula is C30H29N3O2. The normalized spacial score (nSPS) is 11.1. The van der Waals surface area contributed by atoms with Crippen LogP contribution in [0.3, 0.4) is 0 Å². The van der Waals surface area contributed by atoms with E-state index in [-0.39, 0.29) is 5.91 Å². The van der Waals surface area contributed by atoms with Gasteiger partial charge in [0.15, 0.2) is 0 Å². The number of nitrogens with zero attached hydrogens (tertiary/aromatic N) is 2. The number of amides is 1. The van der Waals surface area contributed by atoms with Crippen LogP contribution in [-0.2, 0) is 13.0 Å². The zero-order valence-corrected chi connectivity index (χ0v) is 19.9. The molecule has 0 bridgehead atoms. The first-order chi connectivity index (χ1) is 17.2. The minimum Gasteiger partial charge on any atom is -0.494 e. The van der Waals surface area contributed by atoms with Gasteiger partial charge in [-0.1, -0.05) is 60.7 Å². The number of carbonyl (C=O) groups is 1. The third-order valence-corrected chi connectivity index (χ3v) is 6.27. The van der Waals surface area contributed by atoms with Gasteiger partial charge in [-0.05, 0) is 60.0 Å². The summed E-state index contributed by atoms with van der Waals surface area (Å²) in [5.41, 5.74) is 3.78. The van der Waals surface area contributed by atoms with Crippen molar-refractivity contribution >= 4 is 27.7 Å². The molecule has 0 saturated carbocycles. The topological polar surface area (TPSA) is 56.2 Å². The summed E-state index contributed by atoms with van der Waals surface area (Å²) < 4.78 is 8.30. The van der Waals surface area contributed by atoms with Crippen LogP contribution in [-0.4, -0.2) is 28.6 Å². The van der Waals surface area contributed by atoms with E-state index in [1.807, 2.05) is 67.6 Å². The first-order valence-electron chi connectivity index (χ1n) is 12.1. The van der Waals surface area contributed by atoms with E-state index in [1.165, 1.54) is 10.8 Å². The molecule has 0 unspecified atom stereocenters. The van der Waals surface area contributed by atoms with Crippen LogP contribution in [0, 0.1) is 6.92 Å². The molecule has 0 saturated heterocycles. The minimum absolute atomic E-state index is 0.0467. The van der Waals surface area contributed by atoms with Gasteiger partial charge >= 0.3 is 0 Å². The zero-order valence-electron chi connectivity index (χ0n) is 19.9. The Morgan fingerprint density at radius 3 is 2.57 bits per heavy atom. The molecule has 0 aliphatic rings. The lowest BCUT2D eigenvalue weighted by Crippen LogP contribution is -2.27. The van der Waals surface area contributed by atoms with Crippen molar-refractivity contribution in [2.24, 2.45) is 0 Å². The van der Waals surface area contributed by atoms with Crippen LogP contribution in [0.5, 0.6) is 5.75 Å². The molecule has 0 aliphatic carbocycles. The van der Waals surface area contributed by atoms with Crippen molar-refractivity contribution < 1.29 is 9.53 Å². The SMILES string of the molecule is Cc1ccccc1C(=O)NCCc1nc2ccccc2n1CCCOc1ccc2ccccc2c1. The van der Waals surface area contributed by atoms with E-state index in [9.17, 15) is 4.79 Å². The van der Waals surface area contributed by atoms with Gasteiger partial charge < -0.3 is 14.6 Å².